The summed E-state index contributed by atoms with van der Waals surface area (Å²) in [6, 6.07) is 9.54. The summed E-state index contributed by atoms with van der Waals surface area (Å²) < 4.78 is 0. The molecule has 0 spiro atoms. The predicted molar refractivity (Wildman–Crippen MR) is 83.3 cm³/mol. The highest BCUT2D eigenvalue weighted by Crippen LogP contribution is 2.07. The van der Waals surface area contributed by atoms with Crippen molar-refractivity contribution in [2.24, 2.45) is 0 Å². The number of carboxylic acid groups (broad SMARTS) is 1. The van der Waals surface area contributed by atoms with Crippen LogP contribution in [0.2, 0.25) is 0 Å². The van der Waals surface area contributed by atoms with Crippen LogP contribution in [-0.4, -0.2) is 29.4 Å². The number of unbranched alkanes of at least 4 members (excludes halogenated alkanes) is 2. The highest BCUT2D eigenvalue weighted by molar-refractivity contribution is 5.87. The molecule has 1 atom stereocenters. The first kappa shape index (κ1) is 17.4. The van der Waals surface area contributed by atoms with Gasteiger partial charge < -0.3 is 10.4 Å². The molecule has 0 unspecified atom stereocenters. The second-order valence-electron chi connectivity index (χ2n) is 5.26. The van der Waals surface area contributed by atoms with Crippen LogP contribution in [-0.2, 0) is 16.0 Å². The molecule has 4 nitrogen and oxygen atoms in total. The van der Waals surface area contributed by atoms with Crippen molar-refractivity contribution in [3.05, 3.63) is 35.9 Å². The lowest BCUT2D eigenvalue weighted by molar-refractivity contribution is -0.138. The molecular formula is C17H25NO3. The number of nitrogens with one attached hydrogen (secondary N) is 1. The first-order chi connectivity index (χ1) is 10.1. The van der Waals surface area contributed by atoms with Gasteiger partial charge in [0.2, 0.25) is 0 Å². The van der Waals surface area contributed by atoms with Crippen molar-refractivity contribution in [3.63, 3.8) is 0 Å². The quantitative estimate of drug-likeness (QED) is 0.615. The molecule has 4 heteroatoms. The van der Waals surface area contributed by atoms with E-state index in [1.165, 1.54) is 0 Å². The molecule has 1 rings (SSSR count). The van der Waals surface area contributed by atoms with Crippen LogP contribution in [0.5, 0.6) is 0 Å². The summed E-state index contributed by atoms with van der Waals surface area (Å²) in [5.41, 5.74) is 1.09. The van der Waals surface area contributed by atoms with Gasteiger partial charge in [0.05, 0.1) is 12.5 Å². The fourth-order valence-corrected chi connectivity index (χ4v) is 2.21. The number of carbonyl (C=O) groups is 2. The zero-order valence-corrected chi connectivity index (χ0v) is 12.7. The first-order valence-electron chi connectivity index (χ1n) is 7.65. The first-order valence-corrected chi connectivity index (χ1v) is 7.65. The van der Waals surface area contributed by atoms with Crippen LogP contribution in [0.1, 0.15) is 44.6 Å². The Kier molecular flexibility index (Phi) is 8.36. The molecule has 116 valence electrons. The van der Waals surface area contributed by atoms with E-state index in [1.54, 1.807) is 0 Å². The van der Waals surface area contributed by atoms with Gasteiger partial charge in [0.1, 0.15) is 0 Å². The van der Waals surface area contributed by atoms with Crippen molar-refractivity contribution < 1.29 is 14.7 Å². The van der Waals surface area contributed by atoms with Gasteiger partial charge in [-0.25, -0.2) is 0 Å². The van der Waals surface area contributed by atoms with Crippen LogP contribution in [0, 0.1) is 0 Å². The molecule has 0 heterocycles. The number of carbonyl (C=O) groups excluding carboxylic acids is 1. The number of Topliss-reactive ketones (excluding diaryl/α,β-unsaturated/α-hetero) is 1. The Morgan fingerprint density at radius 3 is 2.48 bits per heavy atom. The van der Waals surface area contributed by atoms with Gasteiger partial charge in [0.15, 0.2) is 5.78 Å². The lowest BCUT2D eigenvalue weighted by Gasteiger charge is -2.17. The van der Waals surface area contributed by atoms with Crippen molar-refractivity contribution in [1.82, 2.24) is 5.32 Å². The Morgan fingerprint density at radius 2 is 1.86 bits per heavy atom. The van der Waals surface area contributed by atoms with Gasteiger partial charge >= 0.3 is 5.97 Å². The van der Waals surface area contributed by atoms with Gasteiger partial charge in [0, 0.05) is 6.42 Å². The van der Waals surface area contributed by atoms with Crippen LogP contribution in [0.25, 0.3) is 0 Å². The second kappa shape index (κ2) is 10.1. The van der Waals surface area contributed by atoms with Crippen LogP contribution in [0.4, 0.5) is 0 Å². The van der Waals surface area contributed by atoms with Crippen molar-refractivity contribution in [2.75, 3.05) is 6.54 Å². The lowest BCUT2D eigenvalue weighted by Crippen LogP contribution is -2.39. The second-order valence-corrected chi connectivity index (χ2v) is 5.26. The molecule has 0 aliphatic carbocycles. The highest BCUT2D eigenvalue weighted by Gasteiger charge is 2.18. The molecule has 0 bridgehead atoms. The molecule has 0 radical (unpaired) electrons. The number of ketones is 1. The zero-order valence-electron chi connectivity index (χ0n) is 12.7. The van der Waals surface area contributed by atoms with Crippen LogP contribution >= 0.6 is 0 Å². The van der Waals surface area contributed by atoms with Crippen molar-refractivity contribution in [2.45, 2.75) is 51.5 Å². The van der Waals surface area contributed by atoms with E-state index in [0.29, 0.717) is 6.42 Å². The van der Waals surface area contributed by atoms with Crippen LogP contribution in [0.3, 0.4) is 0 Å². The topological polar surface area (TPSA) is 66.4 Å². The maximum absolute atomic E-state index is 12.2. The molecule has 0 aromatic heterocycles. The Hall–Kier alpha value is -1.68. The summed E-state index contributed by atoms with van der Waals surface area (Å²) >= 11 is 0. The van der Waals surface area contributed by atoms with E-state index in [0.717, 1.165) is 31.4 Å². The maximum atomic E-state index is 12.2. The number of hydrogen-bond donors (Lipinski definition) is 2. The van der Waals surface area contributed by atoms with Gasteiger partial charge in [-0.15, -0.1) is 0 Å². The van der Waals surface area contributed by atoms with Gasteiger partial charge in [-0.05, 0) is 24.9 Å². The molecular weight excluding hydrogens is 266 g/mol. The smallest absolute Gasteiger partial charge is 0.303 e. The van der Waals surface area contributed by atoms with Gasteiger partial charge in [0.25, 0.3) is 0 Å². The van der Waals surface area contributed by atoms with E-state index < -0.39 is 5.97 Å². The minimum absolute atomic E-state index is 0.0160. The molecule has 0 saturated heterocycles. The fourth-order valence-electron chi connectivity index (χ4n) is 2.21. The average Bonchev–Trinajstić information content (AvgIpc) is 2.49. The van der Waals surface area contributed by atoms with E-state index in [9.17, 15) is 9.59 Å². The maximum Gasteiger partial charge on any atom is 0.303 e. The largest absolute Gasteiger partial charge is 0.481 e. The van der Waals surface area contributed by atoms with Crippen LogP contribution < -0.4 is 5.32 Å². The molecule has 0 amide bonds. The molecule has 21 heavy (non-hydrogen) atoms. The molecule has 2 N–H and O–H groups in total. The Balaban J connectivity index is 2.56. The number of rotatable bonds is 11. The average molecular weight is 291 g/mol. The summed E-state index contributed by atoms with van der Waals surface area (Å²) in [6.45, 7) is 2.93. The van der Waals surface area contributed by atoms with E-state index in [4.69, 9.17) is 5.11 Å². The highest BCUT2D eigenvalue weighted by atomic mass is 16.4. The Morgan fingerprint density at radius 1 is 1.14 bits per heavy atom. The lowest BCUT2D eigenvalue weighted by atomic mass is 9.99. The third-order valence-electron chi connectivity index (χ3n) is 3.43. The van der Waals surface area contributed by atoms with Gasteiger partial charge in [-0.3, -0.25) is 9.59 Å². The summed E-state index contributed by atoms with van der Waals surface area (Å²) in [5, 5.41) is 12.0. The van der Waals surface area contributed by atoms with E-state index >= 15 is 0 Å². The van der Waals surface area contributed by atoms with E-state index in [1.807, 2.05) is 30.3 Å². The van der Waals surface area contributed by atoms with Crippen LogP contribution in [0.15, 0.2) is 30.3 Å². The summed E-state index contributed by atoms with van der Waals surface area (Å²) in [5.74, 6) is -0.939. The molecule has 0 aliphatic rings. The minimum atomic E-state index is -0.923. The zero-order chi connectivity index (χ0) is 15.5. The number of benzene rings is 1. The van der Waals surface area contributed by atoms with Gasteiger partial charge in [-0.1, -0.05) is 50.1 Å². The normalized spacial score (nSPS) is 12.0. The molecule has 0 aliphatic heterocycles. The molecule has 1 aromatic rings. The van der Waals surface area contributed by atoms with E-state index in [-0.39, 0.29) is 24.7 Å². The predicted octanol–water partition coefficient (Wildman–Crippen LogP) is 2.81. The molecule has 0 saturated carbocycles. The minimum Gasteiger partial charge on any atom is -0.481 e. The van der Waals surface area contributed by atoms with Gasteiger partial charge in [-0.2, -0.15) is 0 Å². The SMILES string of the molecule is CCCCCN[C@@H](Cc1ccccc1)C(=O)CCC(=O)O. The number of carboxylic acids is 1. The number of hydrogen-bond acceptors (Lipinski definition) is 3. The Bertz CT molecular complexity index is 431. The fraction of sp³-hybridized carbons (Fsp3) is 0.529. The van der Waals surface area contributed by atoms with Crippen molar-refractivity contribution in [3.8, 4) is 0 Å². The summed E-state index contributed by atoms with van der Waals surface area (Å²) in [4.78, 5) is 22.8. The van der Waals surface area contributed by atoms with E-state index in [2.05, 4.69) is 12.2 Å². The number of aliphatic carboxylic acids is 1. The Labute approximate surface area is 126 Å². The molecule has 1 aromatic carbocycles. The van der Waals surface area contributed by atoms with Crippen molar-refractivity contribution >= 4 is 11.8 Å². The monoisotopic (exact) mass is 291 g/mol. The molecule has 0 fully saturated rings. The third kappa shape index (κ3) is 7.61. The third-order valence-corrected chi connectivity index (χ3v) is 3.43. The summed E-state index contributed by atoms with van der Waals surface area (Å²) in [6.07, 6.45) is 3.92. The van der Waals surface area contributed by atoms with Crippen molar-refractivity contribution in [1.29, 1.82) is 0 Å². The standard InChI is InChI=1S/C17H25NO3/c1-2-3-7-12-18-15(16(19)10-11-17(20)21)13-14-8-5-4-6-9-14/h4-6,8-9,15,18H,2-3,7,10-13H2,1H3,(H,20,21)/t15-/m0/s1. The summed E-state index contributed by atoms with van der Waals surface area (Å²) in [7, 11) is 0.